The Hall–Kier alpha value is -1.56. The number of carbonyl (C=O) groups is 2. The lowest BCUT2D eigenvalue weighted by Crippen LogP contribution is -2.46. The molecule has 136 valence electrons. The number of hydrogen-bond donors (Lipinski definition) is 0. The lowest BCUT2D eigenvalue weighted by molar-refractivity contribution is -0.137. The van der Waals surface area contributed by atoms with Crippen LogP contribution in [0.5, 0.6) is 0 Å². The van der Waals surface area contributed by atoms with E-state index in [-0.39, 0.29) is 23.9 Å². The van der Waals surface area contributed by atoms with Gasteiger partial charge in [-0.25, -0.2) is 9.59 Å². The summed E-state index contributed by atoms with van der Waals surface area (Å²) in [6, 6.07) is 0. The van der Waals surface area contributed by atoms with Crippen molar-refractivity contribution in [3.63, 3.8) is 0 Å². The molecule has 2 atom stereocenters. The molecule has 3 aliphatic heterocycles. The molecule has 1 amide bonds. The SMILES string of the molecule is CCOC(=O)C=C1CC2COCC(C1)CN(C(=O)OC(C)(C)C)C2. The Kier molecular flexibility index (Phi) is 6.27. The fraction of sp³-hybridized carbons (Fsp3) is 0.778. The van der Waals surface area contributed by atoms with Crippen LogP contribution >= 0.6 is 0 Å². The fourth-order valence-corrected chi connectivity index (χ4v) is 3.22. The summed E-state index contributed by atoms with van der Waals surface area (Å²) in [4.78, 5) is 26.0. The highest BCUT2D eigenvalue weighted by Gasteiger charge is 2.32. The van der Waals surface area contributed by atoms with Crippen LogP contribution in [-0.2, 0) is 19.0 Å². The predicted molar refractivity (Wildman–Crippen MR) is 89.6 cm³/mol. The molecule has 6 nitrogen and oxygen atoms in total. The lowest BCUT2D eigenvalue weighted by Gasteiger charge is -2.38. The second kappa shape index (κ2) is 8.01. The molecule has 6 heteroatoms. The van der Waals surface area contributed by atoms with Gasteiger partial charge in [0.25, 0.3) is 0 Å². The van der Waals surface area contributed by atoms with Crippen LogP contribution < -0.4 is 0 Å². The smallest absolute Gasteiger partial charge is 0.410 e. The van der Waals surface area contributed by atoms with Crippen LogP contribution in [0, 0.1) is 11.8 Å². The molecule has 0 saturated carbocycles. The summed E-state index contributed by atoms with van der Waals surface area (Å²) in [5.74, 6) is 0.0509. The van der Waals surface area contributed by atoms with Gasteiger partial charge in [-0.2, -0.15) is 0 Å². The summed E-state index contributed by atoms with van der Waals surface area (Å²) in [5.41, 5.74) is 0.593. The molecular weight excluding hydrogens is 310 g/mol. The summed E-state index contributed by atoms with van der Waals surface area (Å²) in [5, 5.41) is 0. The van der Waals surface area contributed by atoms with Crippen LogP contribution in [0.15, 0.2) is 11.6 Å². The van der Waals surface area contributed by atoms with Crippen LogP contribution in [0.2, 0.25) is 0 Å². The summed E-state index contributed by atoms with van der Waals surface area (Å²) >= 11 is 0. The van der Waals surface area contributed by atoms with Gasteiger partial charge in [-0.05, 0) is 40.5 Å². The van der Waals surface area contributed by atoms with Gasteiger partial charge in [0.15, 0.2) is 0 Å². The molecule has 0 aromatic rings. The minimum absolute atomic E-state index is 0.166. The van der Waals surface area contributed by atoms with E-state index in [0.717, 1.165) is 18.4 Å². The second-order valence-electron chi connectivity index (χ2n) is 7.62. The second-order valence-corrected chi connectivity index (χ2v) is 7.62. The normalized spacial score (nSPS) is 24.7. The van der Waals surface area contributed by atoms with Gasteiger partial charge in [0.1, 0.15) is 5.60 Å². The molecule has 2 bridgehead atoms. The van der Waals surface area contributed by atoms with Crippen molar-refractivity contribution >= 4 is 12.1 Å². The van der Waals surface area contributed by atoms with Crippen LogP contribution in [0.3, 0.4) is 0 Å². The molecular formula is C18H29NO5. The van der Waals surface area contributed by atoms with Gasteiger partial charge < -0.3 is 19.1 Å². The Morgan fingerprint density at radius 1 is 1.21 bits per heavy atom. The van der Waals surface area contributed by atoms with Gasteiger partial charge in [0.2, 0.25) is 0 Å². The third-order valence-corrected chi connectivity index (χ3v) is 4.03. The highest BCUT2D eigenvalue weighted by atomic mass is 16.6. The van der Waals surface area contributed by atoms with E-state index in [2.05, 4.69) is 0 Å². The molecule has 3 aliphatic rings. The first-order valence-corrected chi connectivity index (χ1v) is 8.68. The lowest BCUT2D eigenvalue weighted by atomic mass is 9.87. The van der Waals surface area contributed by atoms with Gasteiger partial charge in [-0.1, -0.05) is 5.57 Å². The van der Waals surface area contributed by atoms with Crippen LogP contribution in [-0.4, -0.2) is 55.5 Å². The Labute approximate surface area is 144 Å². The van der Waals surface area contributed by atoms with Crippen molar-refractivity contribution in [1.29, 1.82) is 0 Å². The zero-order valence-electron chi connectivity index (χ0n) is 15.2. The first-order chi connectivity index (χ1) is 11.3. The summed E-state index contributed by atoms with van der Waals surface area (Å²) in [6.45, 7) is 10.2. The van der Waals surface area contributed by atoms with Crippen molar-refractivity contribution in [3.8, 4) is 0 Å². The van der Waals surface area contributed by atoms with Crippen molar-refractivity contribution < 1.29 is 23.8 Å². The van der Waals surface area contributed by atoms with E-state index >= 15 is 0 Å². The standard InChI is InChI=1S/C18H29NO5/c1-5-23-16(20)8-13-6-14-9-19(17(21)24-18(2,3)4)10-15(7-13)12-22-11-14/h8,14-15H,5-7,9-12H2,1-4H3. The number of carbonyl (C=O) groups excluding carboxylic acids is 2. The highest BCUT2D eigenvalue weighted by molar-refractivity contribution is 5.82. The van der Waals surface area contributed by atoms with E-state index < -0.39 is 5.60 Å². The maximum Gasteiger partial charge on any atom is 0.410 e. The van der Waals surface area contributed by atoms with E-state index in [1.54, 1.807) is 17.9 Å². The van der Waals surface area contributed by atoms with Crippen molar-refractivity contribution in [2.45, 2.75) is 46.1 Å². The number of allylic oxidation sites excluding steroid dienone is 1. The quantitative estimate of drug-likeness (QED) is 0.572. The molecule has 24 heavy (non-hydrogen) atoms. The van der Waals surface area contributed by atoms with Crippen molar-refractivity contribution in [1.82, 2.24) is 4.90 Å². The molecule has 3 rings (SSSR count). The Bertz CT molecular complexity index is 476. The summed E-state index contributed by atoms with van der Waals surface area (Å²) < 4.78 is 16.3. The van der Waals surface area contributed by atoms with Crippen LogP contribution in [0.25, 0.3) is 0 Å². The third kappa shape index (κ3) is 5.82. The monoisotopic (exact) mass is 339 g/mol. The van der Waals surface area contributed by atoms with Crippen molar-refractivity contribution in [2.75, 3.05) is 32.9 Å². The van der Waals surface area contributed by atoms with Gasteiger partial charge in [-0.3, -0.25) is 0 Å². The average molecular weight is 339 g/mol. The molecule has 0 aliphatic carbocycles. The molecule has 0 aromatic carbocycles. The zero-order valence-corrected chi connectivity index (χ0v) is 15.2. The molecule has 0 radical (unpaired) electrons. The van der Waals surface area contributed by atoms with Gasteiger partial charge in [0, 0.05) is 31.0 Å². The van der Waals surface area contributed by atoms with E-state index in [4.69, 9.17) is 14.2 Å². The Balaban J connectivity index is 2.09. The topological polar surface area (TPSA) is 65.1 Å². The minimum atomic E-state index is -0.500. The average Bonchev–Trinajstić information content (AvgIpc) is 2.37. The van der Waals surface area contributed by atoms with E-state index in [9.17, 15) is 9.59 Å². The van der Waals surface area contributed by atoms with Gasteiger partial charge in [-0.15, -0.1) is 0 Å². The zero-order chi connectivity index (χ0) is 17.7. The summed E-state index contributed by atoms with van der Waals surface area (Å²) in [7, 11) is 0. The van der Waals surface area contributed by atoms with Crippen LogP contribution in [0.1, 0.15) is 40.5 Å². The molecule has 3 saturated heterocycles. The largest absolute Gasteiger partial charge is 0.463 e. The molecule has 0 spiro atoms. The molecule has 0 aromatic heterocycles. The number of fused-ring (bicyclic) bond motifs is 6. The fourth-order valence-electron chi connectivity index (χ4n) is 3.22. The number of hydrogen-bond acceptors (Lipinski definition) is 5. The number of amides is 1. The van der Waals surface area contributed by atoms with E-state index in [1.165, 1.54) is 0 Å². The van der Waals surface area contributed by atoms with E-state index in [0.29, 0.717) is 32.9 Å². The van der Waals surface area contributed by atoms with Gasteiger partial charge >= 0.3 is 12.1 Å². The van der Waals surface area contributed by atoms with Crippen LogP contribution in [0.4, 0.5) is 4.79 Å². The first-order valence-electron chi connectivity index (χ1n) is 8.68. The predicted octanol–water partition coefficient (Wildman–Crippen LogP) is 2.77. The van der Waals surface area contributed by atoms with Crippen molar-refractivity contribution in [2.24, 2.45) is 11.8 Å². The number of nitrogens with zero attached hydrogens (tertiary/aromatic N) is 1. The van der Waals surface area contributed by atoms with Gasteiger partial charge in [0.05, 0.1) is 19.8 Å². The minimum Gasteiger partial charge on any atom is -0.463 e. The number of rotatable bonds is 2. The van der Waals surface area contributed by atoms with E-state index in [1.807, 2.05) is 20.8 Å². The molecule has 2 unspecified atom stereocenters. The maximum absolute atomic E-state index is 12.4. The molecule has 0 N–H and O–H groups in total. The first kappa shape index (κ1) is 18.8. The Morgan fingerprint density at radius 3 is 2.29 bits per heavy atom. The van der Waals surface area contributed by atoms with Crippen molar-refractivity contribution in [3.05, 3.63) is 11.6 Å². The Morgan fingerprint density at radius 2 is 1.79 bits per heavy atom. The molecule has 3 fully saturated rings. The molecule has 3 heterocycles. The number of esters is 1. The summed E-state index contributed by atoms with van der Waals surface area (Å²) in [6.07, 6.45) is 2.85. The number of ether oxygens (including phenoxy) is 3. The maximum atomic E-state index is 12.4. The third-order valence-electron chi connectivity index (χ3n) is 4.03. The highest BCUT2D eigenvalue weighted by Crippen LogP contribution is 2.29.